The van der Waals surface area contributed by atoms with Crippen molar-refractivity contribution < 1.29 is 0 Å². The number of benzene rings is 1. The van der Waals surface area contributed by atoms with Gasteiger partial charge < -0.3 is 5.73 Å². The fourth-order valence-corrected chi connectivity index (χ4v) is 4.78. The van der Waals surface area contributed by atoms with Crippen molar-refractivity contribution in [3.63, 3.8) is 0 Å². The Kier molecular flexibility index (Phi) is 4.62. The highest BCUT2D eigenvalue weighted by molar-refractivity contribution is 7.19. The first-order valence-corrected chi connectivity index (χ1v) is 8.80. The van der Waals surface area contributed by atoms with Gasteiger partial charge in [0.2, 0.25) is 0 Å². The lowest BCUT2D eigenvalue weighted by atomic mass is 10.1. The van der Waals surface area contributed by atoms with E-state index in [9.17, 15) is 0 Å². The maximum absolute atomic E-state index is 6.00. The van der Waals surface area contributed by atoms with Crippen LogP contribution in [0.3, 0.4) is 0 Å². The second-order valence-corrected chi connectivity index (χ2v) is 8.02. The Bertz CT molecular complexity index is 748. The van der Waals surface area contributed by atoms with Crippen molar-refractivity contribution in [2.45, 2.75) is 19.6 Å². The molecule has 2 aromatic heterocycles. The Balaban J connectivity index is 1.83. The third kappa shape index (κ3) is 3.30. The van der Waals surface area contributed by atoms with E-state index in [1.165, 1.54) is 25.4 Å². The highest BCUT2D eigenvalue weighted by Gasteiger charge is 2.13. The monoisotopic (exact) mass is 336 g/mol. The summed E-state index contributed by atoms with van der Waals surface area (Å²) < 4.78 is 2.17. The lowest BCUT2D eigenvalue weighted by Crippen LogP contribution is -2.17. The number of nitrogens with two attached hydrogens (primary N) is 1. The first-order valence-electron chi connectivity index (χ1n) is 6.79. The maximum atomic E-state index is 6.00. The summed E-state index contributed by atoms with van der Waals surface area (Å²) >= 11 is 9.45. The van der Waals surface area contributed by atoms with Crippen LogP contribution in [0, 0.1) is 0 Å². The van der Waals surface area contributed by atoms with Crippen LogP contribution in [0.5, 0.6) is 0 Å². The Morgan fingerprint density at radius 2 is 1.90 bits per heavy atom. The van der Waals surface area contributed by atoms with Crippen LogP contribution >= 0.6 is 34.3 Å². The number of fused-ring (bicyclic) bond motifs is 1. The Morgan fingerprint density at radius 1 is 1.10 bits per heavy atom. The first kappa shape index (κ1) is 15.0. The van der Waals surface area contributed by atoms with E-state index in [0.29, 0.717) is 6.54 Å². The molecule has 0 unspecified atom stereocenters. The van der Waals surface area contributed by atoms with Gasteiger partial charge in [0.25, 0.3) is 0 Å². The number of hydrogen-bond donors (Lipinski definition) is 1. The molecule has 3 aromatic rings. The molecule has 2 nitrogen and oxygen atoms in total. The van der Waals surface area contributed by atoms with Gasteiger partial charge in [-0.05, 0) is 36.2 Å². The molecule has 110 valence electrons. The maximum Gasteiger partial charge on any atom is 0.0931 e. The number of hydrogen-bond acceptors (Lipinski definition) is 4. The Labute approximate surface area is 137 Å². The zero-order valence-electron chi connectivity index (χ0n) is 11.8. The van der Waals surface area contributed by atoms with E-state index in [1.807, 2.05) is 6.07 Å². The summed E-state index contributed by atoms with van der Waals surface area (Å²) in [6.07, 6.45) is 0. The molecule has 0 atom stereocenters. The molecule has 0 fully saturated rings. The zero-order chi connectivity index (χ0) is 14.8. The van der Waals surface area contributed by atoms with Gasteiger partial charge in [0.05, 0.1) is 4.34 Å². The minimum atomic E-state index is 0.605. The Hall–Kier alpha value is -0.910. The molecule has 0 saturated carbocycles. The van der Waals surface area contributed by atoms with Crippen molar-refractivity contribution >= 4 is 44.4 Å². The van der Waals surface area contributed by atoms with E-state index >= 15 is 0 Å². The average Bonchev–Trinajstić information content (AvgIpc) is 3.03. The van der Waals surface area contributed by atoms with Gasteiger partial charge >= 0.3 is 0 Å². The minimum absolute atomic E-state index is 0.605. The third-order valence-electron chi connectivity index (χ3n) is 3.45. The average molecular weight is 337 g/mol. The third-order valence-corrected chi connectivity index (χ3v) is 5.90. The van der Waals surface area contributed by atoms with E-state index < -0.39 is 0 Å². The quantitative estimate of drug-likeness (QED) is 0.731. The predicted molar refractivity (Wildman–Crippen MR) is 94.2 cm³/mol. The molecular formula is C16H17ClN2S2. The molecule has 2 N–H and O–H groups in total. The summed E-state index contributed by atoms with van der Waals surface area (Å²) in [6, 6.07) is 12.6. The molecule has 0 saturated heterocycles. The van der Waals surface area contributed by atoms with Gasteiger partial charge in [-0.15, -0.1) is 22.7 Å². The molecule has 0 aliphatic carbocycles. The number of thiophene rings is 2. The first-order chi connectivity index (χ1) is 10.2. The lowest BCUT2D eigenvalue weighted by Gasteiger charge is -2.16. The number of rotatable bonds is 5. The summed E-state index contributed by atoms with van der Waals surface area (Å²) in [5, 5.41) is 1.33. The fraction of sp³-hybridized carbons (Fsp3) is 0.250. The largest absolute Gasteiger partial charge is 0.326 e. The predicted octanol–water partition coefficient (Wildman–Crippen LogP) is 4.71. The van der Waals surface area contributed by atoms with E-state index in [0.717, 1.165) is 17.4 Å². The molecule has 5 heteroatoms. The molecule has 3 rings (SSSR count). The van der Waals surface area contributed by atoms with Crippen LogP contribution in [-0.2, 0) is 19.6 Å². The molecule has 0 amide bonds. The van der Waals surface area contributed by atoms with Crippen molar-refractivity contribution in [2.24, 2.45) is 5.73 Å². The van der Waals surface area contributed by atoms with Crippen LogP contribution in [0.1, 0.15) is 15.3 Å². The summed E-state index contributed by atoms with van der Waals surface area (Å²) in [5.74, 6) is 0. The van der Waals surface area contributed by atoms with Crippen molar-refractivity contribution in [3.05, 3.63) is 56.1 Å². The second-order valence-electron chi connectivity index (χ2n) is 5.08. The van der Waals surface area contributed by atoms with Gasteiger partial charge in [-0.3, -0.25) is 4.90 Å². The van der Waals surface area contributed by atoms with Crippen molar-refractivity contribution in [1.29, 1.82) is 0 Å². The second kappa shape index (κ2) is 6.46. The minimum Gasteiger partial charge on any atom is -0.326 e. The SMILES string of the molecule is CN(Cc1ccc(Cl)s1)Cc1c(CN)sc2ccccc12. The number of nitrogens with zero attached hydrogens (tertiary/aromatic N) is 1. The van der Waals surface area contributed by atoms with Gasteiger partial charge in [0.1, 0.15) is 0 Å². The van der Waals surface area contributed by atoms with Crippen LogP contribution in [0.25, 0.3) is 10.1 Å². The van der Waals surface area contributed by atoms with E-state index in [1.54, 1.807) is 22.7 Å². The summed E-state index contributed by atoms with van der Waals surface area (Å²) in [6.45, 7) is 2.42. The molecule has 0 aliphatic rings. The lowest BCUT2D eigenvalue weighted by molar-refractivity contribution is 0.322. The van der Waals surface area contributed by atoms with Crippen molar-refractivity contribution in [3.8, 4) is 0 Å². The molecule has 0 radical (unpaired) electrons. The normalized spacial score (nSPS) is 11.6. The molecule has 2 heterocycles. The molecule has 21 heavy (non-hydrogen) atoms. The van der Waals surface area contributed by atoms with Gasteiger partial charge in [-0.1, -0.05) is 29.8 Å². The van der Waals surface area contributed by atoms with Crippen LogP contribution < -0.4 is 5.73 Å². The van der Waals surface area contributed by atoms with Gasteiger partial charge in [0, 0.05) is 34.1 Å². The standard InChI is InChI=1S/C16H17ClN2S2/c1-19(9-11-6-7-16(17)20-11)10-13-12-4-2-3-5-14(12)21-15(13)8-18/h2-7H,8-10,18H2,1H3. The molecule has 1 aromatic carbocycles. The van der Waals surface area contributed by atoms with Gasteiger partial charge in [0.15, 0.2) is 0 Å². The molecule has 0 spiro atoms. The fourth-order valence-electron chi connectivity index (χ4n) is 2.52. The molecule has 0 aliphatic heterocycles. The van der Waals surface area contributed by atoms with Crippen LogP contribution in [-0.4, -0.2) is 11.9 Å². The van der Waals surface area contributed by atoms with E-state index in [-0.39, 0.29) is 0 Å². The van der Waals surface area contributed by atoms with Crippen molar-refractivity contribution in [2.75, 3.05) is 7.05 Å². The topological polar surface area (TPSA) is 29.3 Å². The van der Waals surface area contributed by atoms with E-state index in [4.69, 9.17) is 17.3 Å². The van der Waals surface area contributed by atoms with E-state index in [2.05, 4.69) is 42.3 Å². The zero-order valence-corrected chi connectivity index (χ0v) is 14.2. The number of halogens is 1. The Morgan fingerprint density at radius 3 is 2.62 bits per heavy atom. The van der Waals surface area contributed by atoms with Gasteiger partial charge in [-0.25, -0.2) is 0 Å². The highest BCUT2D eigenvalue weighted by atomic mass is 35.5. The summed E-state index contributed by atoms with van der Waals surface area (Å²) in [4.78, 5) is 4.89. The van der Waals surface area contributed by atoms with Crippen LogP contribution in [0.4, 0.5) is 0 Å². The van der Waals surface area contributed by atoms with Crippen molar-refractivity contribution in [1.82, 2.24) is 4.90 Å². The molecular weight excluding hydrogens is 320 g/mol. The smallest absolute Gasteiger partial charge is 0.0931 e. The highest BCUT2D eigenvalue weighted by Crippen LogP contribution is 2.32. The van der Waals surface area contributed by atoms with Crippen LogP contribution in [0.15, 0.2) is 36.4 Å². The van der Waals surface area contributed by atoms with Crippen LogP contribution in [0.2, 0.25) is 4.34 Å². The van der Waals surface area contributed by atoms with Gasteiger partial charge in [-0.2, -0.15) is 0 Å². The summed E-state index contributed by atoms with van der Waals surface area (Å²) in [7, 11) is 2.14. The summed E-state index contributed by atoms with van der Waals surface area (Å²) in [5.41, 5.74) is 7.29. The molecule has 0 bridgehead atoms.